The molecule has 1 saturated heterocycles. The number of epoxide rings is 1. The molecule has 5 unspecified atom stereocenters. The van der Waals surface area contributed by atoms with Crippen LogP contribution in [0.5, 0.6) is 0 Å². The average Bonchev–Trinajstić information content (AvgIpc) is 4.01. The summed E-state index contributed by atoms with van der Waals surface area (Å²) in [7, 11) is -5.14. The standard InChI is InChI=1S/C47H79O14P/c1-3-5-7-8-9-10-11-12-16-19-22-25-29-33-40(48)57-35-37(36-58-62(55,56)61-47-45(53)43(51)42(50)44(52)46(47)54)59-41(49)34-30-26-23-20-17-14-13-15-18-21-24-28-32-39-38(60-39)31-27-6-4-2/h6,14-15,17-18,23-24,26-28,37-39,42-47,50-54H,3-5,7-13,16,19-22,25,29-36H2,1-2H3,(H,55,56)/b17-14-,18-15-,26-23-,27-6-,28-24-/t37-,38?,39?,42?,43-,44+,45-,46-,47?/m1/s1. The van der Waals surface area contributed by atoms with E-state index in [0.717, 1.165) is 51.4 Å². The van der Waals surface area contributed by atoms with Crippen molar-refractivity contribution in [3.05, 3.63) is 60.8 Å². The quantitative estimate of drug-likeness (QED) is 0.0116. The molecule has 62 heavy (non-hydrogen) atoms. The monoisotopic (exact) mass is 899 g/mol. The molecular weight excluding hydrogens is 819 g/mol. The molecule has 15 heteroatoms. The molecule has 10 atom stereocenters. The number of carbonyl (C=O) groups excluding carboxylic acids is 2. The zero-order chi connectivity index (χ0) is 45.4. The Morgan fingerprint density at radius 3 is 1.58 bits per heavy atom. The van der Waals surface area contributed by atoms with Crippen molar-refractivity contribution < 1.29 is 67.8 Å². The second-order valence-corrected chi connectivity index (χ2v) is 17.7. The first-order valence-electron chi connectivity index (χ1n) is 23.2. The minimum absolute atomic E-state index is 0.0326. The molecule has 2 fully saturated rings. The number of hydrogen-bond donors (Lipinski definition) is 6. The van der Waals surface area contributed by atoms with E-state index in [1.807, 2.05) is 18.2 Å². The van der Waals surface area contributed by atoms with Gasteiger partial charge >= 0.3 is 19.8 Å². The number of ether oxygens (including phenoxy) is 3. The molecule has 1 aliphatic carbocycles. The second kappa shape index (κ2) is 33.9. The van der Waals surface area contributed by atoms with Gasteiger partial charge in [-0.05, 0) is 51.4 Å². The van der Waals surface area contributed by atoms with Gasteiger partial charge in [-0.25, -0.2) is 4.57 Å². The third kappa shape index (κ3) is 25.7. The van der Waals surface area contributed by atoms with Crippen molar-refractivity contribution in [2.24, 2.45) is 0 Å². The molecule has 356 valence electrons. The van der Waals surface area contributed by atoms with Crippen LogP contribution >= 0.6 is 7.82 Å². The Morgan fingerprint density at radius 1 is 0.581 bits per heavy atom. The maximum Gasteiger partial charge on any atom is 0.472 e. The highest BCUT2D eigenvalue weighted by Gasteiger charge is 2.51. The summed E-state index contributed by atoms with van der Waals surface area (Å²) in [5.41, 5.74) is 0. The van der Waals surface area contributed by atoms with Crippen molar-refractivity contribution in [3.63, 3.8) is 0 Å². The SMILES string of the molecule is CC/C=C\CC1OC1C/C=C\C/C=C\C/C=C\C/C=C\CCC(=O)O[C@H](COC(=O)CCCCCCCCCCCCCCC)COP(=O)(O)OC1[C@H](O)[C@H](O)C(O)[C@H](O)[C@H]1O. The van der Waals surface area contributed by atoms with Crippen LogP contribution in [0.1, 0.15) is 155 Å². The van der Waals surface area contributed by atoms with Gasteiger partial charge < -0.3 is 44.6 Å². The Morgan fingerprint density at radius 2 is 1.05 bits per heavy atom. The summed E-state index contributed by atoms with van der Waals surface area (Å²) in [4.78, 5) is 35.7. The van der Waals surface area contributed by atoms with Gasteiger partial charge in [0, 0.05) is 12.8 Å². The van der Waals surface area contributed by atoms with Gasteiger partial charge in [0.1, 0.15) is 43.2 Å². The van der Waals surface area contributed by atoms with Crippen LogP contribution in [0.15, 0.2) is 60.8 Å². The molecule has 2 aliphatic rings. The van der Waals surface area contributed by atoms with Crippen LogP contribution in [-0.4, -0.2) is 111 Å². The van der Waals surface area contributed by atoms with Crippen molar-refractivity contribution in [2.75, 3.05) is 13.2 Å². The van der Waals surface area contributed by atoms with Gasteiger partial charge in [0.05, 0.1) is 18.8 Å². The van der Waals surface area contributed by atoms with Crippen LogP contribution in [0.25, 0.3) is 0 Å². The van der Waals surface area contributed by atoms with Gasteiger partial charge in [0.25, 0.3) is 0 Å². The number of esters is 2. The molecule has 2 rings (SSSR count). The summed E-state index contributed by atoms with van der Waals surface area (Å²) < 4.78 is 39.1. The third-order valence-corrected chi connectivity index (χ3v) is 11.8. The fraction of sp³-hybridized carbons (Fsp3) is 0.745. The first kappa shape index (κ1) is 55.6. The van der Waals surface area contributed by atoms with Gasteiger partial charge in [-0.15, -0.1) is 0 Å². The van der Waals surface area contributed by atoms with E-state index in [0.29, 0.717) is 31.5 Å². The van der Waals surface area contributed by atoms with Crippen LogP contribution in [-0.2, 0) is 37.4 Å². The number of rotatable bonds is 36. The Hall–Kier alpha value is -2.49. The minimum Gasteiger partial charge on any atom is -0.462 e. The van der Waals surface area contributed by atoms with Crippen molar-refractivity contribution >= 4 is 19.8 Å². The van der Waals surface area contributed by atoms with Gasteiger partial charge in [0.2, 0.25) is 0 Å². The molecule has 1 heterocycles. The number of carbonyl (C=O) groups is 2. The van der Waals surface area contributed by atoms with E-state index in [2.05, 4.69) is 56.4 Å². The molecule has 0 aromatic heterocycles. The Kier molecular flexibility index (Phi) is 30.5. The third-order valence-electron chi connectivity index (χ3n) is 10.8. The highest BCUT2D eigenvalue weighted by Crippen LogP contribution is 2.47. The number of phosphoric ester groups is 1. The molecule has 0 radical (unpaired) electrons. The molecule has 0 aromatic rings. The fourth-order valence-corrected chi connectivity index (χ4v) is 7.91. The Bertz CT molecular complexity index is 1380. The summed E-state index contributed by atoms with van der Waals surface area (Å²) in [5.74, 6) is -1.20. The smallest absolute Gasteiger partial charge is 0.462 e. The molecule has 0 bridgehead atoms. The molecule has 1 aliphatic heterocycles. The number of hydrogen-bond acceptors (Lipinski definition) is 13. The Labute approximate surface area is 370 Å². The number of aliphatic hydroxyl groups is 5. The molecule has 0 spiro atoms. The summed E-state index contributed by atoms with van der Waals surface area (Å²) in [6.07, 6.45) is 29.0. The van der Waals surface area contributed by atoms with Crippen molar-refractivity contribution in [1.82, 2.24) is 0 Å². The second-order valence-electron chi connectivity index (χ2n) is 16.3. The maximum absolute atomic E-state index is 12.8. The minimum atomic E-state index is -5.14. The first-order valence-corrected chi connectivity index (χ1v) is 24.7. The van der Waals surface area contributed by atoms with Gasteiger partial charge in [0.15, 0.2) is 6.10 Å². The predicted octanol–water partition coefficient (Wildman–Crippen LogP) is 7.93. The van der Waals surface area contributed by atoms with Crippen molar-refractivity contribution in [1.29, 1.82) is 0 Å². The van der Waals surface area contributed by atoms with Crippen LogP contribution in [0, 0.1) is 0 Å². The van der Waals surface area contributed by atoms with E-state index in [1.54, 1.807) is 0 Å². The lowest BCUT2D eigenvalue weighted by molar-refractivity contribution is -0.220. The number of phosphoric acid groups is 1. The maximum atomic E-state index is 12.8. The van der Waals surface area contributed by atoms with E-state index < -0.39 is 75.7 Å². The molecule has 0 amide bonds. The first-order chi connectivity index (χ1) is 29.9. The van der Waals surface area contributed by atoms with Crippen LogP contribution in [0.3, 0.4) is 0 Å². The van der Waals surface area contributed by atoms with Crippen LogP contribution in [0.4, 0.5) is 0 Å². The van der Waals surface area contributed by atoms with Crippen molar-refractivity contribution in [2.45, 2.75) is 210 Å². The van der Waals surface area contributed by atoms with Crippen LogP contribution < -0.4 is 0 Å². The van der Waals surface area contributed by atoms with E-state index in [1.165, 1.54) is 57.8 Å². The van der Waals surface area contributed by atoms with Gasteiger partial charge in [-0.1, -0.05) is 152 Å². The summed E-state index contributed by atoms with van der Waals surface area (Å²) in [5, 5.41) is 50.1. The molecule has 6 N–H and O–H groups in total. The fourth-order valence-electron chi connectivity index (χ4n) is 6.94. The number of unbranched alkanes of at least 4 members (excludes halogenated alkanes) is 12. The summed E-state index contributed by atoms with van der Waals surface area (Å²) in [6, 6.07) is 0. The topological polar surface area (TPSA) is 222 Å². The zero-order valence-electron chi connectivity index (χ0n) is 37.3. The summed E-state index contributed by atoms with van der Waals surface area (Å²) in [6.45, 7) is 3.11. The molecule has 14 nitrogen and oxygen atoms in total. The largest absolute Gasteiger partial charge is 0.472 e. The lowest BCUT2D eigenvalue weighted by atomic mass is 9.85. The number of allylic oxidation sites excluding steroid dienone is 8. The lowest BCUT2D eigenvalue weighted by Crippen LogP contribution is -2.64. The average molecular weight is 899 g/mol. The summed E-state index contributed by atoms with van der Waals surface area (Å²) >= 11 is 0. The van der Waals surface area contributed by atoms with Gasteiger partial charge in [-0.2, -0.15) is 0 Å². The van der Waals surface area contributed by atoms with E-state index >= 15 is 0 Å². The van der Waals surface area contributed by atoms with E-state index in [9.17, 15) is 44.6 Å². The molecule has 1 saturated carbocycles. The van der Waals surface area contributed by atoms with Crippen molar-refractivity contribution in [3.8, 4) is 0 Å². The molecular formula is C47H79O14P. The highest BCUT2D eigenvalue weighted by atomic mass is 31.2. The van der Waals surface area contributed by atoms with Crippen LogP contribution in [0.2, 0.25) is 0 Å². The van der Waals surface area contributed by atoms with E-state index in [-0.39, 0.29) is 12.8 Å². The lowest BCUT2D eigenvalue weighted by Gasteiger charge is -2.41. The van der Waals surface area contributed by atoms with E-state index in [4.69, 9.17) is 23.3 Å². The normalized spacial score (nSPS) is 25.7. The van der Waals surface area contributed by atoms with Gasteiger partial charge in [-0.3, -0.25) is 18.6 Å². The number of aliphatic hydroxyl groups excluding tert-OH is 5. The molecule has 0 aromatic carbocycles. The predicted molar refractivity (Wildman–Crippen MR) is 239 cm³/mol. The zero-order valence-corrected chi connectivity index (χ0v) is 38.2. The Balaban J connectivity index is 1.73. The highest BCUT2D eigenvalue weighted by molar-refractivity contribution is 7.47.